The Balaban J connectivity index is 2.88. The molecule has 5 heteroatoms. The molecule has 0 aliphatic heterocycles. The standard InChI is InChI=1S/C10H13NO4/c1-15-10(14)7(11)4-6-2-3-8(12)9(13)5-6/h2-3,5,7,12-13H,4,11H2,1H3/i7D. The summed E-state index contributed by atoms with van der Waals surface area (Å²) in [5.41, 5.74) is 5.90. The van der Waals surface area contributed by atoms with Crippen LogP contribution in [0, 0.1) is 0 Å². The topological polar surface area (TPSA) is 92.8 Å². The number of rotatable bonds is 3. The van der Waals surface area contributed by atoms with Crippen LogP contribution in [-0.4, -0.2) is 29.3 Å². The maximum atomic E-state index is 11.1. The minimum absolute atomic E-state index is 0.118. The zero-order chi connectivity index (χ0) is 12.3. The molecule has 0 aliphatic rings. The maximum Gasteiger partial charge on any atom is 0.322 e. The minimum atomic E-state index is -1.90. The van der Waals surface area contributed by atoms with Gasteiger partial charge in [0.25, 0.3) is 0 Å². The lowest BCUT2D eigenvalue weighted by atomic mass is 10.1. The van der Waals surface area contributed by atoms with Crippen molar-refractivity contribution >= 4 is 5.97 Å². The molecule has 0 bridgehead atoms. The third kappa shape index (κ3) is 2.85. The highest BCUT2D eigenvalue weighted by Crippen LogP contribution is 2.25. The van der Waals surface area contributed by atoms with Gasteiger partial charge in [-0.2, -0.15) is 0 Å². The van der Waals surface area contributed by atoms with Crippen LogP contribution in [0.25, 0.3) is 0 Å². The number of phenolic OH excluding ortho intramolecular Hbond substituents is 2. The molecule has 4 N–H and O–H groups in total. The molecule has 1 atom stereocenters. The summed E-state index contributed by atoms with van der Waals surface area (Å²) in [6.07, 6.45) is -0.118. The molecule has 0 aliphatic carbocycles. The van der Waals surface area contributed by atoms with Crippen LogP contribution in [-0.2, 0) is 16.0 Å². The molecule has 1 aromatic rings. The molecule has 1 aromatic carbocycles. The Morgan fingerprint density at radius 1 is 1.60 bits per heavy atom. The fourth-order valence-electron chi connectivity index (χ4n) is 1.10. The fourth-order valence-corrected chi connectivity index (χ4v) is 1.10. The summed E-state index contributed by atoms with van der Waals surface area (Å²) in [5, 5.41) is 18.3. The quantitative estimate of drug-likeness (QED) is 0.489. The Labute approximate surface area is 88.5 Å². The average Bonchev–Trinajstić information content (AvgIpc) is 2.22. The predicted molar refractivity (Wildman–Crippen MR) is 53.5 cm³/mol. The second-order valence-corrected chi connectivity index (χ2v) is 3.02. The number of aromatic hydroxyl groups is 2. The summed E-state index contributed by atoms with van der Waals surface area (Å²) in [6, 6.07) is 2.07. The van der Waals surface area contributed by atoms with Gasteiger partial charge in [-0.25, -0.2) is 0 Å². The molecule has 1 unspecified atom stereocenters. The van der Waals surface area contributed by atoms with Crippen molar-refractivity contribution in [3.63, 3.8) is 0 Å². The van der Waals surface area contributed by atoms with E-state index in [1.165, 1.54) is 18.2 Å². The largest absolute Gasteiger partial charge is 0.504 e. The zero-order valence-electron chi connectivity index (χ0n) is 9.23. The van der Waals surface area contributed by atoms with Crippen molar-refractivity contribution in [2.24, 2.45) is 5.73 Å². The van der Waals surface area contributed by atoms with Crippen molar-refractivity contribution < 1.29 is 21.1 Å². The third-order valence-corrected chi connectivity index (χ3v) is 1.88. The molecule has 5 nitrogen and oxygen atoms in total. The molecule has 0 fully saturated rings. The van der Waals surface area contributed by atoms with E-state index in [9.17, 15) is 9.90 Å². The number of nitrogens with two attached hydrogens (primary N) is 1. The molecular weight excluding hydrogens is 198 g/mol. The van der Waals surface area contributed by atoms with Crippen molar-refractivity contribution in [1.82, 2.24) is 0 Å². The van der Waals surface area contributed by atoms with Crippen molar-refractivity contribution in [2.45, 2.75) is 12.4 Å². The summed E-state index contributed by atoms with van der Waals surface area (Å²) < 4.78 is 11.9. The third-order valence-electron chi connectivity index (χ3n) is 1.88. The first-order chi connectivity index (χ1) is 7.36. The molecule has 1 rings (SSSR count). The Hall–Kier alpha value is -1.75. The number of hydrogen-bond acceptors (Lipinski definition) is 5. The number of ether oxygens (including phenoxy) is 1. The average molecular weight is 212 g/mol. The summed E-state index contributed by atoms with van der Waals surface area (Å²) in [4.78, 5) is 11.1. The van der Waals surface area contributed by atoms with Crippen molar-refractivity contribution in [1.29, 1.82) is 0 Å². The molecule has 0 radical (unpaired) electrons. The van der Waals surface area contributed by atoms with Crippen LogP contribution in [0.2, 0.25) is 0 Å². The van der Waals surface area contributed by atoms with Gasteiger partial charge in [-0.15, -0.1) is 0 Å². The van der Waals surface area contributed by atoms with Gasteiger partial charge >= 0.3 is 5.97 Å². The summed E-state index contributed by atoms with van der Waals surface area (Å²) >= 11 is 0. The van der Waals surface area contributed by atoms with Gasteiger partial charge in [0.15, 0.2) is 11.5 Å². The lowest BCUT2D eigenvalue weighted by Crippen LogP contribution is -2.33. The molecule has 15 heavy (non-hydrogen) atoms. The van der Waals surface area contributed by atoms with Crippen LogP contribution in [0.5, 0.6) is 11.5 Å². The van der Waals surface area contributed by atoms with Gasteiger partial charge in [0, 0.05) is 0 Å². The first kappa shape index (κ1) is 9.79. The Kier molecular flexibility index (Phi) is 3.04. The first-order valence-corrected chi connectivity index (χ1v) is 4.25. The van der Waals surface area contributed by atoms with Crippen molar-refractivity contribution in [3.05, 3.63) is 23.8 Å². The minimum Gasteiger partial charge on any atom is -0.504 e. The second-order valence-electron chi connectivity index (χ2n) is 3.02. The number of benzene rings is 1. The van der Waals surface area contributed by atoms with Gasteiger partial charge < -0.3 is 20.7 Å². The highest BCUT2D eigenvalue weighted by atomic mass is 16.5. The highest BCUT2D eigenvalue weighted by molar-refractivity contribution is 5.75. The predicted octanol–water partition coefficient (Wildman–Crippen LogP) is 0.141. The molecule has 0 spiro atoms. The van der Waals surface area contributed by atoms with Gasteiger partial charge in [-0.3, -0.25) is 4.79 Å². The van der Waals surface area contributed by atoms with Gasteiger partial charge in [0.1, 0.15) is 6.02 Å². The second kappa shape index (κ2) is 4.65. The fraction of sp³-hybridized carbons (Fsp3) is 0.300. The zero-order valence-corrected chi connectivity index (χ0v) is 8.23. The molecule has 0 heterocycles. The summed E-state index contributed by atoms with van der Waals surface area (Å²) in [5.74, 6) is -1.45. The van der Waals surface area contributed by atoms with E-state index in [0.29, 0.717) is 5.56 Å². The SMILES string of the molecule is [2H]C(N)(Cc1ccc(O)c(O)c1)C(=O)OC. The Morgan fingerprint density at radius 3 is 2.80 bits per heavy atom. The van der Waals surface area contributed by atoms with Crippen LogP contribution >= 0.6 is 0 Å². The van der Waals surface area contributed by atoms with E-state index in [2.05, 4.69) is 4.74 Å². The van der Waals surface area contributed by atoms with Crippen molar-refractivity contribution in [3.8, 4) is 11.5 Å². The highest BCUT2D eigenvalue weighted by Gasteiger charge is 2.14. The number of methoxy groups -OCH3 is 1. The van der Waals surface area contributed by atoms with Gasteiger partial charge in [0.2, 0.25) is 0 Å². The van der Waals surface area contributed by atoms with E-state index < -0.39 is 12.0 Å². The van der Waals surface area contributed by atoms with Gasteiger partial charge in [-0.1, -0.05) is 6.07 Å². The number of phenols is 2. The van der Waals surface area contributed by atoms with Gasteiger partial charge in [-0.05, 0) is 24.1 Å². The molecule has 82 valence electrons. The Morgan fingerprint density at radius 2 is 2.27 bits per heavy atom. The summed E-state index contributed by atoms with van der Waals surface area (Å²) in [7, 11) is 1.15. The van der Waals surface area contributed by atoms with E-state index in [-0.39, 0.29) is 17.9 Å². The van der Waals surface area contributed by atoms with E-state index in [0.717, 1.165) is 7.11 Å². The van der Waals surface area contributed by atoms with Crippen LogP contribution < -0.4 is 5.73 Å². The number of hydrogen-bond donors (Lipinski definition) is 3. The molecule has 0 amide bonds. The van der Waals surface area contributed by atoms with Crippen LogP contribution in [0.3, 0.4) is 0 Å². The number of carbonyl (C=O) groups excluding carboxylic acids is 1. The normalized spacial score (nSPS) is 15.2. The van der Waals surface area contributed by atoms with E-state index >= 15 is 0 Å². The van der Waals surface area contributed by atoms with Crippen LogP contribution in [0.4, 0.5) is 0 Å². The van der Waals surface area contributed by atoms with Crippen LogP contribution in [0.1, 0.15) is 6.93 Å². The maximum absolute atomic E-state index is 11.1. The molecular formula is C10H13NO4. The van der Waals surface area contributed by atoms with E-state index in [1.54, 1.807) is 0 Å². The Bertz CT molecular complexity index is 406. The molecule has 0 aromatic heterocycles. The van der Waals surface area contributed by atoms with Crippen LogP contribution in [0.15, 0.2) is 18.2 Å². The molecule has 0 saturated heterocycles. The monoisotopic (exact) mass is 212 g/mol. The lowest BCUT2D eigenvalue weighted by Gasteiger charge is -2.09. The number of carbonyl (C=O) groups is 1. The van der Waals surface area contributed by atoms with Crippen molar-refractivity contribution in [2.75, 3.05) is 7.11 Å². The van der Waals surface area contributed by atoms with Gasteiger partial charge in [0.05, 0.1) is 8.48 Å². The van der Waals surface area contributed by atoms with E-state index in [4.69, 9.17) is 12.2 Å². The first-order valence-electron chi connectivity index (χ1n) is 4.75. The smallest absolute Gasteiger partial charge is 0.322 e. The molecule has 0 saturated carbocycles. The van der Waals surface area contributed by atoms with E-state index in [1.807, 2.05) is 0 Å². The number of esters is 1. The summed E-state index contributed by atoms with van der Waals surface area (Å²) in [6.45, 7) is 0. The lowest BCUT2D eigenvalue weighted by molar-refractivity contribution is -0.142.